The van der Waals surface area contributed by atoms with Crippen LogP contribution in [0.3, 0.4) is 0 Å². The Bertz CT molecular complexity index is 1430. The molecule has 1 aliphatic heterocycles. The van der Waals surface area contributed by atoms with E-state index >= 15 is 0 Å². The van der Waals surface area contributed by atoms with Crippen molar-refractivity contribution in [2.45, 2.75) is 12.8 Å². The highest BCUT2D eigenvalue weighted by atomic mass is 79.9. The average Bonchev–Trinajstić information content (AvgIpc) is 2.88. The summed E-state index contributed by atoms with van der Waals surface area (Å²) in [5, 5.41) is 20.3. The number of carbonyl (C=O) groups is 2. The molecule has 0 unspecified atom stereocenters. The molecule has 0 spiro atoms. The number of hydrogen-bond acceptors (Lipinski definition) is 5. The molecule has 0 bridgehead atoms. The fourth-order valence-corrected chi connectivity index (χ4v) is 5.36. The van der Waals surface area contributed by atoms with Crippen LogP contribution >= 0.6 is 39.3 Å². The van der Waals surface area contributed by atoms with E-state index in [1.165, 1.54) is 11.8 Å². The van der Waals surface area contributed by atoms with E-state index in [1.54, 1.807) is 37.3 Å². The minimum absolute atomic E-state index is 0.0844. The summed E-state index contributed by atoms with van der Waals surface area (Å²) < 4.78 is 0.859. The van der Waals surface area contributed by atoms with Gasteiger partial charge in [-0.05, 0) is 55.0 Å². The van der Waals surface area contributed by atoms with Crippen LogP contribution in [0.5, 0.6) is 0 Å². The molecule has 3 aromatic carbocycles. The van der Waals surface area contributed by atoms with Crippen molar-refractivity contribution >= 4 is 62.5 Å². The summed E-state index contributed by atoms with van der Waals surface area (Å²) in [7, 11) is 0. The molecule has 37 heavy (non-hydrogen) atoms. The largest absolute Gasteiger partial charge is 0.353 e. The van der Waals surface area contributed by atoms with Gasteiger partial charge in [-0.15, -0.1) is 0 Å². The number of carbonyl (C=O) groups excluding carboxylic acids is 2. The maximum Gasteiger partial charge on any atom is 0.254 e. The lowest BCUT2D eigenvalue weighted by Gasteiger charge is -2.30. The second kappa shape index (κ2) is 12.2. The number of thioether (sulfide) groups is 1. The monoisotopic (exact) mass is 592 g/mol. The molecular weight excluding hydrogens is 572 g/mol. The van der Waals surface area contributed by atoms with Crippen LogP contribution in [0, 0.1) is 11.3 Å². The average molecular weight is 594 g/mol. The van der Waals surface area contributed by atoms with Gasteiger partial charge in [0.25, 0.3) is 5.91 Å². The van der Waals surface area contributed by atoms with Gasteiger partial charge < -0.3 is 16.0 Å². The number of halogens is 2. The Balaban J connectivity index is 1.60. The third kappa shape index (κ3) is 6.63. The third-order valence-electron chi connectivity index (χ3n) is 5.58. The highest BCUT2D eigenvalue weighted by Crippen LogP contribution is 2.41. The van der Waals surface area contributed by atoms with E-state index in [2.05, 4.69) is 37.9 Å². The van der Waals surface area contributed by atoms with Crippen molar-refractivity contribution in [2.75, 3.05) is 16.4 Å². The number of nitrogens with one attached hydrogen (secondary N) is 3. The second-order valence-corrected chi connectivity index (χ2v) is 10.5. The van der Waals surface area contributed by atoms with Gasteiger partial charge in [-0.2, -0.15) is 5.26 Å². The van der Waals surface area contributed by atoms with Gasteiger partial charge in [0.15, 0.2) is 0 Å². The first-order chi connectivity index (χ1) is 17.9. The molecule has 186 valence electrons. The smallest absolute Gasteiger partial charge is 0.254 e. The molecule has 4 rings (SSSR count). The van der Waals surface area contributed by atoms with Crippen molar-refractivity contribution in [3.05, 3.63) is 116 Å². The molecule has 0 saturated heterocycles. The summed E-state index contributed by atoms with van der Waals surface area (Å²) in [6.07, 6.45) is 0. The van der Waals surface area contributed by atoms with E-state index in [0.29, 0.717) is 38.3 Å². The number of allylic oxidation sites excluding steroid dienone is 2. The molecule has 1 atom stereocenters. The van der Waals surface area contributed by atoms with Gasteiger partial charge in [-0.1, -0.05) is 75.7 Å². The molecule has 9 heteroatoms. The van der Waals surface area contributed by atoms with Crippen LogP contribution in [-0.2, 0) is 9.59 Å². The van der Waals surface area contributed by atoms with E-state index in [0.717, 1.165) is 10.0 Å². The standard InChI is InChI=1S/C28H22BrClN4O2S/c1-17-25(27(36)34-21-12-10-20(30)11-13-21)26(18-6-3-2-4-7-18)23(15-31)28(32-17)37-16-24(35)33-22-9-5-8-19(29)14-22/h2-14,26,32H,16H2,1H3,(H,33,35)(H,34,36)/t26-/m1/s1. The summed E-state index contributed by atoms with van der Waals surface area (Å²) in [5.74, 6) is -1.05. The normalized spacial score (nSPS) is 15.0. The lowest BCUT2D eigenvalue weighted by molar-refractivity contribution is -0.114. The van der Waals surface area contributed by atoms with Crippen molar-refractivity contribution < 1.29 is 9.59 Å². The van der Waals surface area contributed by atoms with Gasteiger partial charge in [0.05, 0.1) is 28.3 Å². The van der Waals surface area contributed by atoms with Crippen molar-refractivity contribution in [2.24, 2.45) is 0 Å². The SMILES string of the molecule is CC1=C(C(=O)Nc2ccc(Cl)cc2)[C@H](c2ccccc2)C(C#N)=C(SCC(=O)Nc2cccc(Br)c2)N1. The van der Waals surface area contributed by atoms with Crippen LogP contribution in [0.1, 0.15) is 18.4 Å². The molecule has 0 saturated carbocycles. The molecule has 1 aliphatic rings. The Morgan fingerprint density at radius 3 is 2.43 bits per heavy atom. The molecule has 1 heterocycles. The second-order valence-electron chi connectivity index (χ2n) is 8.17. The van der Waals surface area contributed by atoms with Gasteiger partial charge in [0.1, 0.15) is 0 Å². The van der Waals surface area contributed by atoms with Gasteiger partial charge >= 0.3 is 0 Å². The van der Waals surface area contributed by atoms with Gasteiger partial charge in [-0.25, -0.2) is 0 Å². The molecule has 0 aromatic heterocycles. The van der Waals surface area contributed by atoms with E-state index in [9.17, 15) is 14.9 Å². The zero-order chi connectivity index (χ0) is 26.4. The van der Waals surface area contributed by atoms with Crippen LogP contribution in [0.15, 0.2) is 105 Å². The zero-order valence-electron chi connectivity index (χ0n) is 19.7. The summed E-state index contributed by atoms with van der Waals surface area (Å²) in [6.45, 7) is 1.79. The summed E-state index contributed by atoms with van der Waals surface area (Å²) in [5.41, 5.74) is 3.48. The molecular formula is C28H22BrClN4O2S. The number of nitrogens with zero attached hydrogens (tertiary/aromatic N) is 1. The first-order valence-electron chi connectivity index (χ1n) is 11.3. The van der Waals surface area contributed by atoms with Crippen molar-refractivity contribution in [3.8, 4) is 6.07 Å². The molecule has 3 N–H and O–H groups in total. The Labute approximate surface area is 232 Å². The van der Waals surface area contributed by atoms with Gasteiger partial charge in [0.2, 0.25) is 5.91 Å². The molecule has 2 amide bonds. The van der Waals surface area contributed by atoms with E-state index in [-0.39, 0.29) is 17.6 Å². The summed E-state index contributed by atoms with van der Waals surface area (Å²) in [4.78, 5) is 26.1. The quantitative estimate of drug-likeness (QED) is 0.280. The van der Waals surface area contributed by atoms with Crippen LogP contribution < -0.4 is 16.0 Å². The summed E-state index contributed by atoms with van der Waals surface area (Å²) in [6, 6.07) is 25.8. The Morgan fingerprint density at radius 1 is 1.03 bits per heavy atom. The Hall–Kier alpha value is -3.51. The molecule has 3 aromatic rings. The Morgan fingerprint density at radius 2 is 1.76 bits per heavy atom. The number of amides is 2. The maximum absolute atomic E-state index is 13.5. The minimum Gasteiger partial charge on any atom is -0.353 e. The molecule has 6 nitrogen and oxygen atoms in total. The number of anilines is 2. The van der Waals surface area contributed by atoms with Gasteiger partial charge in [-0.3, -0.25) is 9.59 Å². The third-order valence-corrected chi connectivity index (χ3v) is 7.35. The lowest BCUT2D eigenvalue weighted by Crippen LogP contribution is -2.31. The summed E-state index contributed by atoms with van der Waals surface area (Å²) >= 11 is 10.6. The van der Waals surface area contributed by atoms with Crippen LogP contribution in [-0.4, -0.2) is 17.6 Å². The van der Waals surface area contributed by atoms with Crippen LogP contribution in [0.2, 0.25) is 5.02 Å². The first kappa shape index (κ1) is 26.6. The van der Waals surface area contributed by atoms with Crippen molar-refractivity contribution in [3.63, 3.8) is 0 Å². The lowest BCUT2D eigenvalue weighted by atomic mass is 9.82. The van der Waals surface area contributed by atoms with Crippen molar-refractivity contribution in [1.82, 2.24) is 5.32 Å². The number of dihydropyridines is 1. The maximum atomic E-state index is 13.5. The highest BCUT2D eigenvalue weighted by molar-refractivity contribution is 9.10. The number of nitriles is 1. The topological polar surface area (TPSA) is 94.0 Å². The fraction of sp³-hybridized carbons (Fsp3) is 0.107. The van der Waals surface area contributed by atoms with Crippen molar-refractivity contribution in [1.29, 1.82) is 5.26 Å². The molecule has 0 aliphatic carbocycles. The highest BCUT2D eigenvalue weighted by Gasteiger charge is 2.34. The van der Waals surface area contributed by atoms with Crippen LogP contribution in [0.25, 0.3) is 0 Å². The molecule has 0 radical (unpaired) electrons. The Kier molecular flexibility index (Phi) is 8.72. The fourth-order valence-electron chi connectivity index (χ4n) is 3.94. The number of hydrogen-bond donors (Lipinski definition) is 3. The van der Waals surface area contributed by atoms with Crippen LogP contribution in [0.4, 0.5) is 11.4 Å². The number of rotatable bonds is 7. The zero-order valence-corrected chi connectivity index (χ0v) is 22.9. The van der Waals surface area contributed by atoms with E-state index in [4.69, 9.17) is 11.6 Å². The number of benzene rings is 3. The van der Waals surface area contributed by atoms with E-state index < -0.39 is 5.92 Å². The van der Waals surface area contributed by atoms with E-state index in [1.807, 2.05) is 48.5 Å². The predicted molar refractivity (Wildman–Crippen MR) is 153 cm³/mol. The predicted octanol–water partition coefficient (Wildman–Crippen LogP) is 6.81. The first-order valence-corrected chi connectivity index (χ1v) is 13.4. The molecule has 0 fully saturated rings. The van der Waals surface area contributed by atoms with Gasteiger partial charge in [0, 0.05) is 32.1 Å². The minimum atomic E-state index is -0.601.